The lowest BCUT2D eigenvalue weighted by Gasteiger charge is -2.34. The standard InChI is InChI=1S/C50H33NO.C46H27NO.C46H29NO/c1-4-13-34(14-5-1)49-51-45-29-25-33-20-21-37-30-35(22-26-41(37)46(33)48(45)52-49)36-23-27-42-44(31-36)50(38-15-6-2-7-16-38,39-17-8-3-9-18-39)43-28-24-32-12-10-11-19-40(32)47(42)43;1-2-10-29(11-3-1)45-47-42-25-22-28-18-19-32-26-30(20-23-33(32)43(28)44(42)48-45)31-21-24-37-36-14-6-9-17-40(36)46(41(37)27-31)38-15-7-4-12-34(38)35-13-5-8-16-39(35)46;1-4-12-31(13-5-1)45-47-42-27-24-30-20-21-34-28-32(22-25-37(34)43(30)44(42)48-45)33-23-26-39-38-18-10-11-19-40(38)46(41(39)29-33,35-14-6-2-7-15-35)36-16-8-3-9-17-36/h1-31,37,41H;1-27H;1-29H. The number of nitrogens with zero attached hydrogens (tertiary/aromatic N) is 3. The number of hydrogen-bond acceptors (Lipinski definition) is 6. The van der Waals surface area contributed by atoms with E-state index in [1.807, 2.05) is 78.9 Å². The van der Waals surface area contributed by atoms with Crippen molar-refractivity contribution in [2.24, 2.45) is 5.92 Å². The van der Waals surface area contributed by atoms with Crippen LogP contribution in [0.1, 0.15) is 89.4 Å². The van der Waals surface area contributed by atoms with E-state index in [0.717, 1.165) is 76.9 Å². The molecule has 32 rings (SSSR count). The topological polar surface area (TPSA) is 78.1 Å². The molecule has 0 aliphatic heterocycles. The number of rotatable bonds is 10. The van der Waals surface area contributed by atoms with Crippen molar-refractivity contribution < 1.29 is 13.3 Å². The first-order valence-electron chi connectivity index (χ1n) is 51.1. The van der Waals surface area contributed by atoms with Gasteiger partial charge in [-0.05, 0) is 278 Å². The van der Waals surface area contributed by atoms with Crippen LogP contribution in [0, 0.1) is 5.92 Å². The van der Waals surface area contributed by atoms with Gasteiger partial charge in [0.05, 0.1) is 16.2 Å². The van der Waals surface area contributed by atoms with Gasteiger partial charge in [-0.15, -0.1) is 0 Å². The smallest absolute Gasteiger partial charge is 0.227 e. The molecule has 6 heteroatoms. The SMILES string of the molecule is C1=CC2c3c(ccc4nc(-c5ccccc5)oc34)C=CC2C=C1c1ccc2c(c1)C(c1ccccc1)(c1ccccc1)c1ccc3ccccc3c1-2.c1ccc(-c2nc3ccc4ccc5cc(-c6ccc7c(c6)C(c6ccccc6)(c6ccccc6)c6ccccc6-7)ccc5c4c3o2)cc1.c1ccc(-c2nc3ccc4ccc5cc(-c6ccc7c(c6)C6(c8ccccc8-c8ccccc86)c6ccccc6-7)ccc5c4c3o2)cc1. The third-order valence-electron chi connectivity index (χ3n) is 32.4. The molecule has 6 nitrogen and oxygen atoms in total. The van der Waals surface area contributed by atoms with E-state index in [9.17, 15) is 0 Å². The molecule has 0 N–H and O–H groups in total. The van der Waals surface area contributed by atoms with E-state index in [0.29, 0.717) is 17.7 Å². The highest BCUT2D eigenvalue weighted by atomic mass is 16.4. The van der Waals surface area contributed by atoms with E-state index in [1.54, 1.807) is 0 Å². The summed E-state index contributed by atoms with van der Waals surface area (Å²) < 4.78 is 19.5. The van der Waals surface area contributed by atoms with Crippen LogP contribution in [0.2, 0.25) is 0 Å². The molecule has 3 aromatic heterocycles. The van der Waals surface area contributed by atoms with E-state index in [4.69, 9.17) is 28.2 Å². The van der Waals surface area contributed by atoms with E-state index in [2.05, 4.69) is 449 Å². The highest BCUT2D eigenvalue weighted by Crippen LogP contribution is 2.65. The number of fused-ring (bicyclic) bond motifs is 33. The minimum absolute atomic E-state index is 0.168. The van der Waals surface area contributed by atoms with Crippen molar-refractivity contribution in [2.75, 3.05) is 0 Å². The third-order valence-corrected chi connectivity index (χ3v) is 32.4. The molecule has 2 atom stereocenters. The maximum absolute atomic E-state index is 6.53. The van der Waals surface area contributed by atoms with Gasteiger partial charge in [0.2, 0.25) is 17.7 Å². The molecule has 26 aromatic rings. The van der Waals surface area contributed by atoms with Crippen LogP contribution >= 0.6 is 0 Å². The normalized spacial score (nSPS) is 14.9. The van der Waals surface area contributed by atoms with Crippen LogP contribution in [-0.4, -0.2) is 15.0 Å². The van der Waals surface area contributed by atoms with E-state index in [1.165, 1.54) is 183 Å². The summed E-state index contributed by atoms with van der Waals surface area (Å²) in [4.78, 5) is 14.6. The summed E-state index contributed by atoms with van der Waals surface area (Å²) in [6, 6.07) is 180. The summed E-state index contributed by atoms with van der Waals surface area (Å²) in [5.41, 5.74) is 42.9. The average Bonchev–Trinajstić information content (AvgIpc) is 1.51. The number of oxazole rings is 3. The Morgan fingerprint density at radius 3 is 1.04 bits per heavy atom. The Bertz CT molecular complexity index is 9610. The van der Waals surface area contributed by atoms with Gasteiger partial charge in [0, 0.05) is 44.9 Å². The first-order chi connectivity index (χ1) is 73.3. The lowest BCUT2D eigenvalue weighted by atomic mass is 9.67. The van der Waals surface area contributed by atoms with Crippen molar-refractivity contribution in [3.63, 3.8) is 0 Å². The Balaban J connectivity index is 0.000000103. The number of allylic oxidation sites excluding steroid dienone is 5. The first kappa shape index (κ1) is 84.7. The lowest BCUT2D eigenvalue weighted by Crippen LogP contribution is -2.28. The molecule has 0 radical (unpaired) electrons. The molecule has 23 aromatic carbocycles. The van der Waals surface area contributed by atoms with E-state index in [-0.39, 0.29) is 17.3 Å². The Hall–Kier alpha value is -19.0. The summed E-state index contributed by atoms with van der Waals surface area (Å²) in [7, 11) is 0. The fourth-order valence-electron chi connectivity index (χ4n) is 26.0. The molecule has 148 heavy (non-hydrogen) atoms. The summed E-state index contributed by atoms with van der Waals surface area (Å²) in [5, 5.41) is 11.7. The zero-order valence-electron chi connectivity index (χ0n) is 80.5. The number of hydrogen-bond donors (Lipinski definition) is 0. The second kappa shape index (κ2) is 33.6. The van der Waals surface area contributed by atoms with Gasteiger partial charge >= 0.3 is 0 Å². The number of aromatic nitrogens is 3. The van der Waals surface area contributed by atoms with Crippen LogP contribution in [0.5, 0.6) is 0 Å². The van der Waals surface area contributed by atoms with Crippen LogP contribution < -0.4 is 0 Å². The minimum atomic E-state index is -0.466. The Morgan fingerprint density at radius 2 is 0.554 bits per heavy atom. The molecule has 1 spiro atoms. The molecular formula is C142H89N3O3. The quantitative estimate of drug-likeness (QED) is 0.127. The largest absolute Gasteiger partial charge is 0.436 e. The van der Waals surface area contributed by atoms with Gasteiger partial charge in [-0.1, -0.05) is 443 Å². The zero-order valence-corrected chi connectivity index (χ0v) is 80.5. The first-order valence-corrected chi connectivity index (χ1v) is 51.1. The van der Waals surface area contributed by atoms with Crippen molar-refractivity contribution in [3.8, 4) is 101 Å². The Labute approximate surface area is 855 Å². The fourth-order valence-corrected chi connectivity index (χ4v) is 26.0. The molecule has 0 saturated carbocycles. The van der Waals surface area contributed by atoms with Crippen molar-refractivity contribution in [1.29, 1.82) is 0 Å². The highest BCUT2D eigenvalue weighted by molar-refractivity contribution is 6.20. The maximum Gasteiger partial charge on any atom is 0.227 e. The summed E-state index contributed by atoms with van der Waals surface area (Å²) in [6.07, 6.45) is 11.8. The van der Waals surface area contributed by atoms with Crippen LogP contribution in [0.3, 0.4) is 0 Å². The van der Waals surface area contributed by atoms with Crippen molar-refractivity contribution in [3.05, 3.63) is 605 Å². The molecule has 690 valence electrons. The summed E-state index contributed by atoms with van der Waals surface area (Å²) >= 11 is 0. The van der Waals surface area contributed by atoms with Gasteiger partial charge in [0.15, 0.2) is 16.7 Å². The van der Waals surface area contributed by atoms with Crippen LogP contribution in [0.25, 0.3) is 200 Å². The second-order valence-electron chi connectivity index (χ2n) is 39.9. The van der Waals surface area contributed by atoms with Crippen molar-refractivity contribution >= 4 is 98.8 Å². The minimum Gasteiger partial charge on any atom is -0.436 e. The fraction of sp³-hybridized carbons (Fsp3) is 0.0352. The van der Waals surface area contributed by atoms with E-state index < -0.39 is 10.8 Å². The third kappa shape index (κ3) is 12.8. The average molecular weight is 1890 g/mol. The molecule has 3 heterocycles. The zero-order chi connectivity index (χ0) is 97.3. The van der Waals surface area contributed by atoms with Gasteiger partial charge in [0.25, 0.3) is 0 Å². The van der Waals surface area contributed by atoms with Crippen LogP contribution in [0.15, 0.2) is 535 Å². The predicted molar refractivity (Wildman–Crippen MR) is 606 cm³/mol. The summed E-state index contributed by atoms with van der Waals surface area (Å²) in [6.45, 7) is 0. The second-order valence-corrected chi connectivity index (χ2v) is 39.9. The molecule has 0 amide bonds. The Morgan fingerprint density at radius 1 is 0.209 bits per heavy atom. The van der Waals surface area contributed by atoms with Crippen molar-refractivity contribution in [2.45, 2.75) is 22.2 Å². The summed E-state index contributed by atoms with van der Waals surface area (Å²) in [5.74, 6) is 2.33. The van der Waals surface area contributed by atoms with Gasteiger partial charge < -0.3 is 13.3 Å². The van der Waals surface area contributed by atoms with Gasteiger partial charge in [-0.2, -0.15) is 0 Å². The lowest BCUT2D eigenvalue weighted by molar-refractivity contribution is 0.602. The number of benzene rings is 23. The molecule has 6 aliphatic rings. The monoisotopic (exact) mass is 1880 g/mol. The molecule has 0 saturated heterocycles. The molecule has 6 aliphatic carbocycles. The molecule has 0 bridgehead atoms. The maximum atomic E-state index is 6.53. The highest BCUT2D eigenvalue weighted by Gasteiger charge is 2.53. The molecule has 0 fully saturated rings. The van der Waals surface area contributed by atoms with Gasteiger partial charge in [-0.25, -0.2) is 15.0 Å². The van der Waals surface area contributed by atoms with Gasteiger partial charge in [-0.3, -0.25) is 0 Å². The molecular weight excluding hydrogens is 1800 g/mol. The molecule has 2 unspecified atom stereocenters. The van der Waals surface area contributed by atoms with Gasteiger partial charge in [0.1, 0.15) is 16.6 Å². The predicted octanol–water partition coefficient (Wildman–Crippen LogP) is 36.0. The van der Waals surface area contributed by atoms with Crippen LogP contribution in [-0.2, 0) is 16.2 Å². The van der Waals surface area contributed by atoms with Crippen molar-refractivity contribution in [1.82, 2.24) is 15.0 Å². The van der Waals surface area contributed by atoms with Crippen LogP contribution in [0.4, 0.5) is 0 Å². The van der Waals surface area contributed by atoms with E-state index >= 15 is 0 Å². The Kier molecular flexibility index (Phi) is 19.2.